The Balaban J connectivity index is 1.64. The van der Waals surface area contributed by atoms with Crippen molar-refractivity contribution in [2.75, 3.05) is 7.11 Å². The van der Waals surface area contributed by atoms with E-state index in [-0.39, 0.29) is 0 Å². The van der Waals surface area contributed by atoms with Gasteiger partial charge in [-0.3, -0.25) is 0 Å². The van der Waals surface area contributed by atoms with Crippen molar-refractivity contribution in [2.24, 2.45) is 5.92 Å². The summed E-state index contributed by atoms with van der Waals surface area (Å²) in [5, 5.41) is 4.61. The standard InChI is InChI=1S/C15H20ClNO/c1-18-14-8-13(9-14)17-15(10-2-3-10)11-4-6-12(16)7-5-11/h4-7,10,13-15,17H,2-3,8-9H2,1H3. The summed E-state index contributed by atoms with van der Waals surface area (Å²) in [6.45, 7) is 0. The first-order valence-corrected chi connectivity index (χ1v) is 7.18. The molecule has 98 valence electrons. The molecule has 0 heterocycles. The first-order valence-electron chi connectivity index (χ1n) is 6.80. The monoisotopic (exact) mass is 265 g/mol. The Labute approximate surface area is 114 Å². The van der Waals surface area contributed by atoms with Crippen molar-refractivity contribution < 1.29 is 4.74 Å². The fourth-order valence-electron chi connectivity index (χ4n) is 2.75. The van der Waals surface area contributed by atoms with Gasteiger partial charge in [-0.25, -0.2) is 0 Å². The molecule has 1 aromatic carbocycles. The van der Waals surface area contributed by atoms with Crippen LogP contribution in [0, 0.1) is 5.92 Å². The molecule has 3 rings (SSSR count). The van der Waals surface area contributed by atoms with Crippen LogP contribution in [0.3, 0.4) is 0 Å². The van der Waals surface area contributed by atoms with Crippen LogP contribution < -0.4 is 5.32 Å². The molecule has 0 radical (unpaired) electrons. The van der Waals surface area contributed by atoms with Gasteiger partial charge in [0.1, 0.15) is 0 Å². The molecular weight excluding hydrogens is 246 g/mol. The largest absolute Gasteiger partial charge is 0.381 e. The number of ether oxygens (including phenoxy) is 1. The van der Waals surface area contributed by atoms with Gasteiger partial charge in [0.2, 0.25) is 0 Å². The summed E-state index contributed by atoms with van der Waals surface area (Å²) in [5.41, 5.74) is 1.38. The molecule has 3 heteroatoms. The maximum atomic E-state index is 5.96. The Kier molecular flexibility index (Phi) is 3.60. The normalized spacial score (nSPS) is 28.8. The van der Waals surface area contributed by atoms with E-state index in [1.54, 1.807) is 7.11 Å². The lowest BCUT2D eigenvalue weighted by molar-refractivity contribution is 0.0133. The minimum absolute atomic E-state index is 0.465. The number of rotatable bonds is 5. The fourth-order valence-corrected chi connectivity index (χ4v) is 2.88. The molecule has 0 amide bonds. The van der Waals surface area contributed by atoms with E-state index in [2.05, 4.69) is 17.4 Å². The van der Waals surface area contributed by atoms with Crippen LogP contribution in [0.2, 0.25) is 5.02 Å². The van der Waals surface area contributed by atoms with Crippen LogP contribution in [0.4, 0.5) is 0 Å². The fraction of sp³-hybridized carbons (Fsp3) is 0.600. The van der Waals surface area contributed by atoms with E-state index in [9.17, 15) is 0 Å². The summed E-state index contributed by atoms with van der Waals surface area (Å²) in [6.07, 6.45) is 5.45. The lowest BCUT2D eigenvalue weighted by Gasteiger charge is -2.37. The van der Waals surface area contributed by atoms with Gasteiger partial charge in [-0.05, 0) is 49.3 Å². The Morgan fingerprint density at radius 2 is 1.89 bits per heavy atom. The molecule has 2 fully saturated rings. The maximum absolute atomic E-state index is 5.96. The second kappa shape index (κ2) is 5.20. The van der Waals surface area contributed by atoms with E-state index in [0.29, 0.717) is 18.2 Å². The highest BCUT2D eigenvalue weighted by Crippen LogP contribution is 2.42. The summed E-state index contributed by atoms with van der Waals surface area (Å²) in [7, 11) is 1.80. The first kappa shape index (κ1) is 12.5. The van der Waals surface area contributed by atoms with E-state index >= 15 is 0 Å². The second-order valence-corrected chi connectivity index (χ2v) is 6.00. The molecule has 1 unspecified atom stereocenters. The molecule has 0 bridgehead atoms. The van der Waals surface area contributed by atoms with Crippen molar-refractivity contribution in [3.8, 4) is 0 Å². The summed E-state index contributed by atoms with van der Waals surface area (Å²) < 4.78 is 5.34. The van der Waals surface area contributed by atoms with Gasteiger partial charge in [-0.2, -0.15) is 0 Å². The van der Waals surface area contributed by atoms with Gasteiger partial charge in [-0.1, -0.05) is 23.7 Å². The van der Waals surface area contributed by atoms with Crippen LogP contribution >= 0.6 is 11.6 Å². The predicted molar refractivity (Wildman–Crippen MR) is 73.9 cm³/mol. The maximum Gasteiger partial charge on any atom is 0.0601 e. The smallest absolute Gasteiger partial charge is 0.0601 e. The van der Waals surface area contributed by atoms with Gasteiger partial charge < -0.3 is 10.1 Å². The zero-order chi connectivity index (χ0) is 12.5. The van der Waals surface area contributed by atoms with Crippen LogP contribution in [-0.2, 0) is 4.74 Å². The number of hydrogen-bond acceptors (Lipinski definition) is 2. The van der Waals surface area contributed by atoms with Crippen molar-refractivity contribution >= 4 is 11.6 Å². The Morgan fingerprint density at radius 1 is 1.22 bits per heavy atom. The van der Waals surface area contributed by atoms with E-state index in [1.165, 1.54) is 18.4 Å². The van der Waals surface area contributed by atoms with Gasteiger partial charge in [0, 0.05) is 24.2 Å². The molecule has 0 saturated heterocycles. The van der Waals surface area contributed by atoms with E-state index < -0.39 is 0 Å². The molecule has 18 heavy (non-hydrogen) atoms. The average molecular weight is 266 g/mol. The molecular formula is C15H20ClNO. The zero-order valence-electron chi connectivity index (χ0n) is 10.7. The summed E-state index contributed by atoms with van der Waals surface area (Å²) in [4.78, 5) is 0. The third kappa shape index (κ3) is 2.71. The molecule has 0 spiro atoms. The highest BCUT2D eigenvalue weighted by molar-refractivity contribution is 6.30. The van der Waals surface area contributed by atoms with Crippen molar-refractivity contribution in [2.45, 2.75) is 43.9 Å². The number of nitrogens with one attached hydrogen (secondary N) is 1. The minimum Gasteiger partial charge on any atom is -0.381 e. The van der Waals surface area contributed by atoms with Crippen molar-refractivity contribution in [1.29, 1.82) is 0 Å². The highest BCUT2D eigenvalue weighted by Gasteiger charge is 2.37. The number of halogens is 1. The Hall–Kier alpha value is -0.570. The molecule has 0 aromatic heterocycles. The van der Waals surface area contributed by atoms with Gasteiger partial charge >= 0.3 is 0 Å². The second-order valence-electron chi connectivity index (χ2n) is 5.56. The summed E-state index contributed by atoms with van der Waals surface area (Å²) in [5.74, 6) is 0.813. The van der Waals surface area contributed by atoms with Crippen molar-refractivity contribution in [3.05, 3.63) is 34.9 Å². The number of hydrogen-bond donors (Lipinski definition) is 1. The van der Waals surface area contributed by atoms with E-state index in [0.717, 1.165) is 23.8 Å². The van der Waals surface area contributed by atoms with Gasteiger partial charge in [0.25, 0.3) is 0 Å². The van der Waals surface area contributed by atoms with Crippen LogP contribution in [0.15, 0.2) is 24.3 Å². The molecule has 2 saturated carbocycles. The quantitative estimate of drug-likeness (QED) is 0.879. The topological polar surface area (TPSA) is 21.3 Å². The molecule has 0 aliphatic heterocycles. The first-order chi connectivity index (χ1) is 8.76. The summed E-state index contributed by atoms with van der Waals surface area (Å²) in [6, 6.07) is 9.43. The zero-order valence-corrected chi connectivity index (χ0v) is 11.5. The predicted octanol–water partition coefficient (Wildman–Crippen LogP) is 3.56. The molecule has 1 N–H and O–H groups in total. The van der Waals surface area contributed by atoms with Crippen LogP contribution in [0.5, 0.6) is 0 Å². The molecule has 2 nitrogen and oxygen atoms in total. The molecule has 2 aliphatic carbocycles. The van der Waals surface area contributed by atoms with Crippen molar-refractivity contribution in [3.63, 3.8) is 0 Å². The number of benzene rings is 1. The van der Waals surface area contributed by atoms with E-state index in [1.807, 2.05) is 12.1 Å². The Bertz CT molecular complexity index is 395. The van der Waals surface area contributed by atoms with Crippen LogP contribution in [0.25, 0.3) is 0 Å². The van der Waals surface area contributed by atoms with E-state index in [4.69, 9.17) is 16.3 Å². The highest BCUT2D eigenvalue weighted by atomic mass is 35.5. The van der Waals surface area contributed by atoms with Gasteiger partial charge in [-0.15, -0.1) is 0 Å². The number of methoxy groups -OCH3 is 1. The third-order valence-corrected chi connectivity index (χ3v) is 4.42. The van der Waals surface area contributed by atoms with Crippen LogP contribution in [-0.4, -0.2) is 19.3 Å². The summed E-state index contributed by atoms with van der Waals surface area (Å²) >= 11 is 5.96. The minimum atomic E-state index is 0.465. The lowest BCUT2D eigenvalue weighted by atomic mass is 9.87. The van der Waals surface area contributed by atoms with Gasteiger partial charge in [0.15, 0.2) is 0 Å². The lowest BCUT2D eigenvalue weighted by Crippen LogP contribution is -2.46. The molecule has 2 aliphatic rings. The van der Waals surface area contributed by atoms with Crippen molar-refractivity contribution in [1.82, 2.24) is 5.32 Å². The average Bonchev–Trinajstić information content (AvgIpc) is 3.14. The SMILES string of the molecule is COC1CC(NC(c2ccc(Cl)cc2)C2CC2)C1. The molecule has 1 atom stereocenters. The molecule has 1 aromatic rings. The van der Waals surface area contributed by atoms with Gasteiger partial charge in [0.05, 0.1) is 6.10 Å². The third-order valence-electron chi connectivity index (χ3n) is 4.17. The Morgan fingerprint density at radius 3 is 2.44 bits per heavy atom. The van der Waals surface area contributed by atoms with Crippen LogP contribution in [0.1, 0.15) is 37.3 Å².